The SMILES string of the molecule is CCOC(OCC)(C(O)CC(C)C)P(=O)(c1ccccc1)c1ccccc1. The van der Waals surface area contributed by atoms with Gasteiger partial charge in [-0.05, 0) is 26.2 Å². The van der Waals surface area contributed by atoms with Gasteiger partial charge in [-0.25, -0.2) is 0 Å². The van der Waals surface area contributed by atoms with Gasteiger partial charge in [-0.3, -0.25) is 0 Å². The normalized spacial score (nSPS) is 13.7. The Bertz CT molecular complexity index is 681. The van der Waals surface area contributed by atoms with Crippen molar-refractivity contribution in [2.45, 2.75) is 45.7 Å². The zero-order valence-corrected chi connectivity index (χ0v) is 17.6. The van der Waals surface area contributed by atoms with Crippen LogP contribution in [0.5, 0.6) is 0 Å². The number of aliphatic hydroxyl groups excluding tert-OH is 1. The third-order valence-electron chi connectivity index (χ3n) is 4.50. The number of hydrogen-bond acceptors (Lipinski definition) is 4. The number of aliphatic hydroxyl groups is 1. The molecule has 4 nitrogen and oxygen atoms in total. The minimum absolute atomic E-state index is 0.195. The molecule has 27 heavy (non-hydrogen) atoms. The van der Waals surface area contributed by atoms with Gasteiger partial charge < -0.3 is 19.1 Å². The fourth-order valence-corrected chi connectivity index (χ4v) is 6.77. The minimum Gasteiger partial charge on any atom is -0.387 e. The molecule has 0 spiro atoms. The maximum absolute atomic E-state index is 14.8. The molecule has 0 saturated carbocycles. The van der Waals surface area contributed by atoms with E-state index in [-0.39, 0.29) is 19.1 Å². The zero-order valence-electron chi connectivity index (χ0n) is 16.7. The van der Waals surface area contributed by atoms with E-state index in [1.807, 2.05) is 88.4 Å². The van der Waals surface area contributed by atoms with E-state index in [1.165, 1.54) is 0 Å². The Morgan fingerprint density at radius 2 is 1.30 bits per heavy atom. The van der Waals surface area contributed by atoms with Crippen LogP contribution < -0.4 is 10.6 Å². The van der Waals surface area contributed by atoms with E-state index in [1.54, 1.807) is 0 Å². The van der Waals surface area contributed by atoms with Gasteiger partial charge in [-0.2, -0.15) is 0 Å². The van der Waals surface area contributed by atoms with Crippen molar-refractivity contribution in [2.24, 2.45) is 5.92 Å². The van der Waals surface area contributed by atoms with Crippen LogP contribution in [0.1, 0.15) is 34.1 Å². The van der Waals surface area contributed by atoms with Crippen LogP contribution in [0.4, 0.5) is 0 Å². The molecule has 0 aliphatic rings. The van der Waals surface area contributed by atoms with Crippen molar-refractivity contribution in [2.75, 3.05) is 13.2 Å². The van der Waals surface area contributed by atoms with Crippen LogP contribution >= 0.6 is 7.14 Å². The molecule has 1 unspecified atom stereocenters. The number of rotatable bonds is 10. The lowest BCUT2D eigenvalue weighted by atomic mass is 10.1. The monoisotopic (exact) mass is 390 g/mol. The van der Waals surface area contributed by atoms with Gasteiger partial charge in [-0.15, -0.1) is 0 Å². The van der Waals surface area contributed by atoms with Crippen LogP contribution in [0, 0.1) is 5.92 Å². The van der Waals surface area contributed by atoms with Gasteiger partial charge in [0.1, 0.15) is 6.10 Å². The van der Waals surface area contributed by atoms with Gasteiger partial charge in [0.25, 0.3) is 5.53 Å². The highest BCUT2D eigenvalue weighted by Gasteiger charge is 2.57. The molecule has 0 amide bonds. The van der Waals surface area contributed by atoms with Gasteiger partial charge in [0, 0.05) is 23.8 Å². The van der Waals surface area contributed by atoms with E-state index in [2.05, 4.69) is 0 Å². The summed E-state index contributed by atoms with van der Waals surface area (Å²) in [5.41, 5.74) is -1.64. The van der Waals surface area contributed by atoms with Gasteiger partial charge >= 0.3 is 0 Å². The average Bonchev–Trinajstić information content (AvgIpc) is 2.68. The van der Waals surface area contributed by atoms with Crippen molar-refractivity contribution in [3.05, 3.63) is 60.7 Å². The summed E-state index contributed by atoms with van der Waals surface area (Å²) >= 11 is 0. The maximum atomic E-state index is 14.8. The molecule has 0 bridgehead atoms. The summed E-state index contributed by atoms with van der Waals surface area (Å²) in [6.07, 6.45) is -0.618. The summed E-state index contributed by atoms with van der Waals surface area (Å²) in [5, 5.41) is 12.5. The summed E-state index contributed by atoms with van der Waals surface area (Å²) < 4.78 is 27.0. The molecule has 1 N–H and O–H groups in total. The van der Waals surface area contributed by atoms with Crippen LogP contribution in [-0.4, -0.2) is 30.0 Å². The number of benzene rings is 2. The van der Waals surface area contributed by atoms with Gasteiger partial charge in [0.15, 0.2) is 0 Å². The van der Waals surface area contributed by atoms with E-state index >= 15 is 0 Å². The summed E-state index contributed by atoms with van der Waals surface area (Å²) in [5.74, 6) is 0.195. The highest BCUT2D eigenvalue weighted by molar-refractivity contribution is 7.79. The molecule has 0 aromatic heterocycles. The third-order valence-corrected chi connectivity index (χ3v) is 7.98. The molecule has 2 aromatic rings. The second kappa shape index (κ2) is 9.66. The maximum Gasteiger partial charge on any atom is 0.257 e. The predicted molar refractivity (Wildman–Crippen MR) is 111 cm³/mol. The first-order valence-corrected chi connectivity index (χ1v) is 11.3. The van der Waals surface area contributed by atoms with Crippen LogP contribution in [0.2, 0.25) is 0 Å². The molecule has 0 aliphatic heterocycles. The molecule has 2 rings (SSSR count). The smallest absolute Gasteiger partial charge is 0.257 e. The van der Waals surface area contributed by atoms with E-state index in [0.717, 1.165) is 0 Å². The molecule has 1 atom stereocenters. The largest absolute Gasteiger partial charge is 0.387 e. The van der Waals surface area contributed by atoms with Crippen molar-refractivity contribution in [1.82, 2.24) is 0 Å². The first kappa shape index (κ1) is 21.8. The van der Waals surface area contributed by atoms with E-state index in [9.17, 15) is 9.67 Å². The summed E-state index contributed by atoms with van der Waals surface area (Å²) in [7, 11) is -3.51. The Labute approximate surface area is 162 Å². The van der Waals surface area contributed by atoms with Gasteiger partial charge in [0.05, 0.1) is 0 Å². The minimum atomic E-state index is -3.51. The second-order valence-corrected chi connectivity index (χ2v) is 9.80. The molecule has 0 saturated heterocycles. The second-order valence-electron chi connectivity index (χ2n) is 6.92. The Balaban J connectivity index is 2.79. The first-order valence-electron chi connectivity index (χ1n) is 9.59. The highest BCUT2D eigenvalue weighted by atomic mass is 31.2. The summed E-state index contributed by atoms with van der Waals surface area (Å²) in [6.45, 7) is 8.24. The zero-order chi connectivity index (χ0) is 19.9. The van der Waals surface area contributed by atoms with Crippen LogP contribution in [0.25, 0.3) is 0 Å². The van der Waals surface area contributed by atoms with Crippen molar-refractivity contribution in [1.29, 1.82) is 0 Å². The number of ether oxygens (including phenoxy) is 2. The summed E-state index contributed by atoms with van der Waals surface area (Å²) in [4.78, 5) is 0. The van der Waals surface area contributed by atoms with Crippen molar-refractivity contribution in [3.63, 3.8) is 0 Å². The van der Waals surface area contributed by atoms with E-state index < -0.39 is 18.8 Å². The lowest BCUT2D eigenvalue weighted by Crippen LogP contribution is -2.52. The Hall–Kier alpha value is -1.45. The van der Waals surface area contributed by atoms with E-state index in [0.29, 0.717) is 17.0 Å². The quantitative estimate of drug-likeness (QED) is 0.489. The van der Waals surface area contributed by atoms with Crippen molar-refractivity contribution >= 4 is 17.8 Å². The Morgan fingerprint density at radius 3 is 1.63 bits per heavy atom. The predicted octanol–water partition coefficient (Wildman–Crippen LogP) is 4.13. The van der Waals surface area contributed by atoms with Crippen LogP contribution in [0.3, 0.4) is 0 Å². The molecule has 148 valence electrons. The van der Waals surface area contributed by atoms with E-state index in [4.69, 9.17) is 9.47 Å². The van der Waals surface area contributed by atoms with Crippen LogP contribution in [0.15, 0.2) is 60.7 Å². The Morgan fingerprint density at radius 1 is 0.889 bits per heavy atom. The lowest BCUT2D eigenvalue weighted by Gasteiger charge is -2.43. The molecule has 2 aromatic carbocycles. The molecule has 0 fully saturated rings. The average molecular weight is 390 g/mol. The standard InChI is InChI=1S/C22H31O4P/c1-5-25-22(26-6-2,21(23)17-18(3)4)27(24,19-13-9-7-10-14-19)20-15-11-8-12-16-20/h7-16,18,21,23H,5-6,17H2,1-4H3. The molecule has 0 aliphatic carbocycles. The third kappa shape index (κ3) is 4.35. The first-order chi connectivity index (χ1) is 12.9. The highest BCUT2D eigenvalue weighted by Crippen LogP contribution is 2.59. The topological polar surface area (TPSA) is 55.8 Å². The summed E-state index contributed by atoms with van der Waals surface area (Å²) in [6, 6.07) is 18.4. The molecular formula is C22H31O4P. The van der Waals surface area contributed by atoms with Gasteiger partial charge in [0.2, 0.25) is 7.14 Å². The van der Waals surface area contributed by atoms with Gasteiger partial charge in [-0.1, -0.05) is 74.5 Å². The fourth-order valence-electron chi connectivity index (χ4n) is 3.42. The molecule has 0 radical (unpaired) electrons. The lowest BCUT2D eigenvalue weighted by molar-refractivity contribution is -0.226. The Kier molecular flexibility index (Phi) is 7.81. The fraction of sp³-hybridized carbons (Fsp3) is 0.455. The molecular weight excluding hydrogens is 359 g/mol. The molecule has 5 heteroatoms. The van der Waals surface area contributed by atoms with Crippen molar-refractivity contribution < 1.29 is 19.1 Å². The molecule has 0 heterocycles. The van der Waals surface area contributed by atoms with Crippen molar-refractivity contribution in [3.8, 4) is 0 Å². The van der Waals surface area contributed by atoms with Crippen LogP contribution in [-0.2, 0) is 14.0 Å². The number of hydrogen-bond donors (Lipinski definition) is 1.